The van der Waals surface area contributed by atoms with Crippen molar-refractivity contribution in [1.29, 1.82) is 0 Å². The first-order valence-corrected chi connectivity index (χ1v) is 7.50. The summed E-state index contributed by atoms with van der Waals surface area (Å²) in [6, 6.07) is 7.50. The molecule has 7 heteroatoms. The van der Waals surface area contributed by atoms with Crippen LogP contribution in [0.2, 0.25) is 0 Å². The first-order valence-electron chi connectivity index (χ1n) is 7.50. The Hall–Kier alpha value is -3.53. The maximum absolute atomic E-state index is 12.3. The summed E-state index contributed by atoms with van der Waals surface area (Å²) in [5.74, 6) is 3.59. The standard InChI is InChI=1S/C18H16N4O3/c1-4-10-22-16-15(17(23)21(2)18(22)24)19-14(20-16)9-8-12-6-5-7-13(11-12)25-3/h1,5-9,11H,10H2,2-3H3,(H,19,20). The van der Waals surface area contributed by atoms with Crippen molar-refractivity contribution in [2.24, 2.45) is 7.05 Å². The number of ether oxygens (including phenoxy) is 1. The molecule has 0 aliphatic carbocycles. The molecule has 126 valence electrons. The number of methoxy groups -OCH3 is 1. The number of benzene rings is 1. The van der Waals surface area contributed by atoms with Gasteiger partial charge in [0.2, 0.25) is 0 Å². The molecule has 7 nitrogen and oxygen atoms in total. The molecule has 0 saturated carbocycles. The van der Waals surface area contributed by atoms with Gasteiger partial charge in [-0.15, -0.1) is 6.42 Å². The fourth-order valence-corrected chi connectivity index (χ4v) is 2.49. The van der Waals surface area contributed by atoms with Crippen molar-refractivity contribution in [3.63, 3.8) is 0 Å². The fraction of sp³-hybridized carbons (Fsp3) is 0.167. The largest absolute Gasteiger partial charge is 0.497 e. The first-order chi connectivity index (χ1) is 12.0. The van der Waals surface area contributed by atoms with Gasteiger partial charge < -0.3 is 9.72 Å². The van der Waals surface area contributed by atoms with E-state index < -0.39 is 11.2 Å². The van der Waals surface area contributed by atoms with Gasteiger partial charge in [-0.05, 0) is 23.8 Å². The lowest BCUT2D eigenvalue weighted by Gasteiger charge is -2.04. The van der Waals surface area contributed by atoms with E-state index in [-0.39, 0.29) is 17.7 Å². The Morgan fingerprint density at radius 2 is 2.16 bits per heavy atom. The molecule has 25 heavy (non-hydrogen) atoms. The number of hydrogen-bond acceptors (Lipinski definition) is 4. The number of rotatable bonds is 4. The molecule has 2 heterocycles. The highest BCUT2D eigenvalue weighted by atomic mass is 16.5. The van der Waals surface area contributed by atoms with E-state index in [9.17, 15) is 9.59 Å². The summed E-state index contributed by atoms with van der Waals surface area (Å²) in [5, 5.41) is 0. The van der Waals surface area contributed by atoms with Crippen LogP contribution in [0.3, 0.4) is 0 Å². The lowest BCUT2D eigenvalue weighted by atomic mass is 10.2. The molecule has 0 spiro atoms. The van der Waals surface area contributed by atoms with Gasteiger partial charge in [0.25, 0.3) is 5.56 Å². The second-order valence-corrected chi connectivity index (χ2v) is 5.37. The Balaban J connectivity index is 2.10. The topological polar surface area (TPSA) is 81.9 Å². The minimum atomic E-state index is -0.495. The number of imidazole rings is 1. The van der Waals surface area contributed by atoms with Gasteiger partial charge >= 0.3 is 5.69 Å². The maximum atomic E-state index is 12.3. The Kier molecular flexibility index (Phi) is 4.27. The van der Waals surface area contributed by atoms with Crippen LogP contribution >= 0.6 is 0 Å². The van der Waals surface area contributed by atoms with Crippen LogP contribution in [0.1, 0.15) is 11.4 Å². The zero-order valence-electron chi connectivity index (χ0n) is 13.8. The summed E-state index contributed by atoms with van der Waals surface area (Å²) in [7, 11) is 3.01. The molecular formula is C18H16N4O3. The van der Waals surface area contributed by atoms with Crippen molar-refractivity contribution >= 4 is 23.3 Å². The van der Waals surface area contributed by atoms with Gasteiger partial charge in [0.1, 0.15) is 17.1 Å². The number of aromatic nitrogens is 4. The van der Waals surface area contributed by atoms with Crippen molar-refractivity contribution < 1.29 is 4.74 Å². The highest BCUT2D eigenvalue weighted by molar-refractivity contribution is 5.75. The van der Waals surface area contributed by atoms with Gasteiger partial charge in [0, 0.05) is 7.05 Å². The van der Waals surface area contributed by atoms with Crippen LogP contribution in [-0.4, -0.2) is 26.2 Å². The third-order valence-electron chi connectivity index (χ3n) is 3.77. The van der Waals surface area contributed by atoms with E-state index in [0.717, 1.165) is 15.9 Å². The third-order valence-corrected chi connectivity index (χ3v) is 3.77. The number of nitrogens with zero attached hydrogens (tertiary/aromatic N) is 3. The monoisotopic (exact) mass is 336 g/mol. The van der Waals surface area contributed by atoms with Crippen LogP contribution in [0.5, 0.6) is 5.75 Å². The van der Waals surface area contributed by atoms with Crippen LogP contribution < -0.4 is 16.0 Å². The Labute approximate surface area is 143 Å². The number of fused-ring (bicyclic) bond motifs is 1. The Bertz CT molecular complexity index is 1130. The van der Waals surface area contributed by atoms with Gasteiger partial charge in [0.05, 0.1) is 13.7 Å². The zero-order chi connectivity index (χ0) is 18.0. The average molecular weight is 336 g/mol. The van der Waals surface area contributed by atoms with Crippen LogP contribution in [0.15, 0.2) is 33.9 Å². The van der Waals surface area contributed by atoms with Gasteiger partial charge in [-0.3, -0.25) is 13.9 Å². The molecule has 0 saturated heterocycles. The van der Waals surface area contributed by atoms with E-state index in [1.807, 2.05) is 30.3 Å². The quantitative estimate of drug-likeness (QED) is 0.727. The predicted molar refractivity (Wildman–Crippen MR) is 96.3 cm³/mol. The van der Waals surface area contributed by atoms with Crippen LogP contribution in [-0.2, 0) is 13.6 Å². The molecule has 0 amide bonds. The highest BCUT2D eigenvalue weighted by Crippen LogP contribution is 2.15. The summed E-state index contributed by atoms with van der Waals surface area (Å²) < 4.78 is 7.48. The number of aromatic amines is 1. The second kappa shape index (κ2) is 6.53. The lowest BCUT2D eigenvalue weighted by Crippen LogP contribution is -2.38. The van der Waals surface area contributed by atoms with E-state index in [1.54, 1.807) is 13.2 Å². The molecule has 3 aromatic rings. The molecular weight excluding hydrogens is 320 g/mol. The second-order valence-electron chi connectivity index (χ2n) is 5.37. The fourth-order valence-electron chi connectivity index (χ4n) is 2.49. The van der Waals surface area contributed by atoms with Crippen molar-refractivity contribution in [3.05, 3.63) is 56.5 Å². The summed E-state index contributed by atoms with van der Waals surface area (Å²) in [6.07, 6.45) is 8.87. The molecule has 3 rings (SSSR count). The molecule has 0 bridgehead atoms. The summed E-state index contributed by atoms with van der Waals surface area (Å²) in [5.41, 5.74) is 0.458. The minimum Gasteiger partial charge on any atom is -0.497 e. The molecule has 0 aliphatic heterocycles. The normalized spacial score (nSPS) is 11.1. The van der Waals surface area contributed by atoms with E-state index in [2.05, 4.69) is 15.9 Å². The van der Waals surface area contributed by atoms with Crippen molar-refractivity contribution in [2.45, 2.75) is 6.54 Å². The van der Waals surface area contributed by atoms with Crippen molar-refractivity contribution in [2.75, 3.05) is 7.11 Å². The van der Waals surface area contributed by atoms with E-state index in [0.29, 0.717) is 5.82 Å². The average Bonchev–Trinajstić information content (AvgIpc) is 3.06. The van der Waals surface area contributed by atoms with Crippen LogP contribution in [0.25, 0.3) is 23.3 Å². The molecule has 1 aromatic carbocycles. The van der Waals surface area contributed by atoms with Crippen molar-refractivity contribution in [1.82, 2.24) is 19.1 Å². The number of terminal acetylenes is 1. The van der Waals surface area contributed by atoms with Gasteiger partial charge in [-0.1, -0.05) is 24.1 Å². The number of H-pyrrole nitrogens is 1. The summed E-state index contributed by atoms with van der Waals surface area (Å²) >= 11 is 0. The molecule has 0 unspecified atom stereocenters. The molecule has 0 aliphatic rings. The Morgan fingerprint density at radius 1 is 1.36 bits per heavy atom. The number of hydrogen-bond donors (Lipinski definition) is 1. The van der Waals surface area contributed by atoms with E-state index in [4.69, 9.17) is 11.2 Å². The van der Waals surface area contributed by atoms with Gasteiger partial charge in [0.15, 0.2) is 5.65 Å². The van der Waals surface area contributed by atoms with Gasteiger partial charge in [-0.25, -0.2) is 9.78 Å². The first kappa shape index (κ1) is 16.3. The van der Waals surface area contributed by atoms with E-state index >= 15 is 0 Å². The van der Waals surface area contributed by atoms with E-state index in [1.165, 1.54) is 11.6 Å². The smallest absolute Gasteiger partial charge is 0.333 e. The Morgan fingerprint density at radius 3 is 2.88 bits per heavy atom. The summed E-state index contributed by atoms with van der Waals surface area (Å²) in [4.78, 5) is 31.7. The predicted octanol–water partition coefficient (Wildman–Crippen LogP) is 1.24. The van der Waals surface area contributed by atoms with Crippen LogP contribution in [0, 0.1) is 12.3 Å². The van der Waals surface area contributed by atoms with Gasteiger partial charge in [-0.2, -0.15) is 0 Å². The lowest BCUT2D eigenvalue weighted by molar-refractivity contribution is 0.414. The minimum absolute atomic E-state index is 0.0351. The molecule has 0 radical (unpaired) electrons. The molecule has 0 atom stereocenters. The maximum Gasteiger partial charge on any atom is 0.333 e. The molecule has 2 aromatic heterocycles. The summed E-state index contributed by atoms with van der Waals surface area (Å²) in [6.45, 7) is 0.0351. The number of nitrogens with one attached hydrogen (secondary N) is 1. The molecule has 1 N–H and O–H groups in total. The SMILES string of the molecule is C#CCn1c(=O)n(C)c(=O)c2[nH]c(C=Cc3cccc(OC)c3)nc21. The van der Waals surface area contributed by atoms with Crippen LogP contribution in [0.4, 0.5) is 0 Å². The third kappa shape index (κ3) is 2.97. The van der Waals surface area contributed by atoms with Crippen molar-refractivity contribution in [3.8, 4) is 18.1 Å². The highest BCUT2D eigenvalue weighted by Gasteiger charge is 2.14. The molecule has 0 fully saturated rings. The zero-order valence-corrected chi connectivity index (χ0v) is 13.8.